The summed E-state index contributed by atoms with van der Waals surface area (Å²) >= 11 is 0. The van der Waals surface area contributed by atoms with Crippen molar-refractivity contribution in [3.63, 3.8) is 0 Å². The fourth-order valence-electron chi connectivity index (χ4n) is 2.14. The molecule has 0 fully saturated rings. The minimum absolute atomic E-state index is 0.00259. The molecule has 6 heteroatoms. The molecule has 6 nitrogen and oxygen atoms in total. The van der Waals surface area contributed by atoms with Crippen LogP contribution >= 0.6 is 0 Å². The van der Waals surface area contributed by atoms with Crippen molar-refractivity contribution in [3.05, 3.63) is 23.8 Å². The zero-order valence-electron chi connectivity index (χ0n) is 13.5. The molecule has 0 aliphatic heterocycles. The number of rotatable bonds is 4. The topological polar surface area (TPSA) is 121 Å². The maximum absolute atomic E-state index is 10.5. The van der Waals surface area contributed by atoms with E-state index in [-0.39, 0.29) is 34.8 Å². The maximum atomic E-state index is 10.5. The molecule has 124 valence electrons. The molecule has 1 aromatic rings. The first-order chi connectivity index (χ1) is 9.92. The van der Waals surface area contributed by atoms with E-state index in [2.05, 4.69) is 20.8 Å². The SMILES string of the molecule is CC(CC(=O)O)CC(C)(C)C.NC(=O)c1ccc(O)cc1O. The Kier molecular flexibility index (Phi) is 7.42. The van der Waals surface area contributed by atoms with Crippen LogP contribution in [0.3, 0.4) is 0 Å². The Morgan fingerprint density at radius 2 is 1.77 bits per heavy atom. The number of primary amides is 1. The van der Waals surface area contributed by atoms with Gasteiger partial charge in [0, 0.05) is 12.5 Å². The van der Waals surface area contributed by atoms with Gasteiger partial charge in [0.1, 0.15) is 11.5 Å². The largest absolute Gasteiger partial charge is 0.508 e. The van der Waals surface area contributed by atoms with E-state index in [0.29, 0.717) is 0 Å². The lowest BCUT2D eigenvalue weighted by molar-refractivity contribution is -0.138. The van der Waals surface area contributed by atoms with Crippen LogP contribution in [0.5, 0.6) is 11.5 Å². The molecule has 0 spiro atoms. The zero-order chi connectivity index (χ0) is 17.5. The number of phenolic OH excluding ortho intramolecular Hbond substituents is 1. The quantitative estimate of drug-likeness (QED) is 0.681. The van der Waals surface area contributed by atoms with E-state index in [1.165, 1.54) is 12.1 Å². The van der Waals surface area contributed by atoms with Crippen molar-refractivity contribution in [1.82, 2.24) is 0 Å². The molecular weight excluding hydrogens is 286 g/mol. The molecule has 0 aliphatic carbocycles. The smallest absolute Gasteiger partial charge is 0.303 e. The van der Waals surface area contributed by atoms with Crippen molar-refractivity contribution in [2.24, 2.45) is 17.1 Å². The first-order valence-electron chi connectivity index (χ1n) is 6.96. The number of aliphatic carboxylic acids is 1. The molecule has 0 aromatic heterocycles. The average molecular weight is 311 g/mol. The summed E-state index contributed by atoms with van der Waals surface area (Å²) in [4.78, 5) is 20.8. The maximum Gasteiger partial charge on any atom is 0.303 e. The number of carbonyl (C=O) groups is 2. The van der Waals surface area contributed by atoms with Crippen molar-refractivity contribution in [2.75, 3.05) is 0 Å². The molecule has 0 radical (unpaired) electrons. The summed E-state index contributed by atoms with van der Waals surface area (Å²) in [6.07, 6.45) is 1.26. The van der Waals surface area contributed by atoms with Gasteiger partial charge in [-0.15, -0.1) is 0 Å². The number of hydrogen-bond donors (Lipinski definition) is 4. The molecule has 0 saturated heterocycles. The van der Waals surface area contributed by atoms with Crippen LogP contribution in [0.2, 0.25) is 0 Å². The summed E-state index contributed by atoms with van der Waals surface area (Å²) < 4.78 is 0. The van der Waals surface area contributed by atoms with Gasteiger partial charge in [-0.2, -0.15) is 0 Å². The molecule has 0 saturated carbocycles. The summed E-state index contributed by atoms with van der Waals surface area (Å²) in [6, 6.07) is 3.59. The Balaban J connectivity index is 0.000000401. The lowest BCUT2D eigenvalue weighted by atomic mass is 9.84. The van der Waals surface area contributed by atoms with Gasteiger partial charge in [-0.25, -0.2) is 0 Å². The van der Waals surface area contributed by atoms with Crippen LogP contribution in [0.1, 0.15) is 50.9 Å². The van der Waals surface area contributed by atoms with E-state index in [1.807, 2.05) is 6.92 Å². The predicted molar refractivity (Wildman–Crippen MR) is 83.8 cm³/mol. The van der Waals surface area contributed by atoms with E-state index >= 15 is 0 Å². The Hall–Kier alpha value is -2.24. The number of phenols is 2. The van der Waals surface area contributed by atoms with Crippen molar-refractivity contribution < 1.29 is 24.9 Å². The highest BCUT2D eigenvalue weighted by Crippen LogP contribution is 2.25. The van der Waals surface area contributed by atoms with Gasteiger partial charge in [0.2, 0.25) is 0 Å². The minimum atomic E-state index is -0.720. The Bertz CT molecular complexity index is 520. The normalized spacial score (nSPS) is 12.0. The van der Waals surface area contributed by atoms with Crippen molar-refractivity contribution in [1.29, 1.82) is 0 Å². The third kappa shape index (κ3) is 8.84. The van der Waals surface area contributed by atoms with Crippen LogP contribution in [0.15, 0.2) is 18.2 Å². The summed E-state index contributed by atoms with van der Waals surface area (Å²) in [5.41, 5.74) is 5.13. The predicted octanol–water partition coefficient (Wildman–Crippen LogP) is 2.73. The number of benzene rings is 1. The van der Waals surface area contributed by atoms with Gasteiger partial charge in [0.25, 0.3) is 5.91 Å². The lowest BCUT2D eigenvalue weighted by Crippen LogP contribution is -2.13. The van der Waals surface area contributed by atoms with E-state index in [4.69, 9.17) is 21.1 Å². The summed E-state index contributed by atoms with van der Waals surface area (Å²) in [5.74, 6) is -1.54. The molecule has 0 aliphatic rings. The van der Waals surface area contributed by atoms with Crippen molar-refractivity contribution in [2.45, 2.75) is 40.5 Å². The zero-order valence-corrected chi connectivity index (χ0v) is 13.5. The minimum Gasteiger partial charge on any atom is -0.508 e. The van der Waals surface area contributed by atoms with Crippen LogP contribution in [0.4, 0.5) is 0 Å². The molecule has 1 rings (SSSR count). The number of hydrogen-bond acceptors (Lipinski definition) is 4. The number of aromatic hydroxyl groups is 2. The Morgan fingerprint density at radius 1 is 1.23 bits per heavy atom. The van der Waals surface area contributed by atoms with E-state index in [1.54, 1.807) is 0 Å². The lowest BCUT2D eigenvalue weighted by Gasteiger charge is -2.21. The first kappa shape index (κ1) is 19.8. The van der Waals surface area contributed by atoms with Gasteiger partial charge in [-0.3, -0.25) is 9.59 Å². The highest BCUT2D eigenvalue weighted by Gasteiger charge is 2.16. The molecule has 5 N–H and O–H groups in total. The van der Waals surface area contributed by atoms with Gasteiger partial charge in [-0.1, -0.05) is 27.7 Å². The summed E-state index contributed by atoms with van der Waals surface area (Å²) in [5, 5.41) is 26.3. The third-order valence-electron chi connectivity index (χ3n) is 2.73. The standard InChI is InChI=1S/C9H18O2.C7H7NO3/c1-7(5-8(10)11)6-9(2,3)4;8-7(11)5-2-1-4(9)3-6(5)10/h7H,5-6H2,1-4H3,(H,10,11);1-3,9-10H,(H2,8,11). The average Bonchev–Trinajstić information content (AvgIpc) is 2.24. The molecule has 0 bridgehead atoms. The second kappa shape index (κ2) is 8.26. The second-order valence-electron chi connectivity index (χ2n) is 6.53. The highest BCUT2D eigenvalue weighted by molar-refractivity contribution is 5.95. The van der Waals surface area contributed by atoms with Crippen LogP contribution in [0.25, 0.3) is 0 Å². The van der Waals surface area contributed by atoms with Crippen LogP contribution in [-0.2, 0) is 4.79 Å². The third-order valence-corrected chi connectivity index (χ3v) is 2.73. The van der Waals surface area contributed by atoms with E-state index in [9.17, 15) is 9.59 Å². The van der Waals surface area contributed by atoms with Crippen molar-refractivity contribution >= 4 is 11.9 Å². The molecule has 1 aromatic carbocycles. The first-order valence-corrected chi connectivity index (χ1v) is 6.96. The number of nitrogens with two attached hydrogens (primary N) is 1. The number of carbonyl (C=O) groups excluding carboxylic acids is 1. The number of amides is 1. The van der Waals surface area contributed by atoms with Gasteiger partial charge >= 0.3 is 5.97 Å². The fourth-order valence-corrected chi connectivity index (χ4v) is 2.14. The van der Waals surface area contributed by atoms with Gasteiger partial charge < -0.3 is 21.1 Å². The second-order valence-corrected chi connectivity index (χ2v) is 6.53. The molecule has 1 atom stereocenters. The van der Waals surface area contributed by atoms with Gasteiger partial charge in [-0.05, 0) is 29.9 Å². The molecule has 22 heavy (non-hydrogen) atoms. The summed E-state index contributed by atoms with van der Waals surface area (Å²) in [6.45, 7) is 8.38. The highest BCUT2D eigenvalue weighted by atomic mass is 16.4. The van der Waals surface area contributed by atoms with Crippen molar-refractivity contribution in [3.8, 4) is 11.5 Å². The van der Waals surface area contributed by atoms with Gasteiger partial charge in [0.15, 0.2) is 0 Å². The molecule has 0 heterocycles. The molecule has 1 amide bonds. The monoisotopic (exact) mass is 311 g/mol. The van der Waals surface area contributed by atoms with E-state index in [0.717, 1.165) is 12.5 Å². The number of carboxylic acids is 1. The van der Waals surface area contributed by atoms with Crippen LogP contribution in [0, 0.1) is 11.3 Å². The Labute approximate surface area is 130 Å². The van der Waals surface area contributed by atoms with Gasteiger partial charge in [0.05, 0.1) is 5.56 Å². The Morgan fingerprint density at radius 3 is 2.14 bits per heavy atom. The molecule has 1 unspecified atom stereocenters. The van der Waals surface area contributed by atoms with Crippen LogP contribution < -0.4 is 5.73 Å². The van der Waals surface area contributed by atoms with Crippen LogP contribution in [-0.4, -0.2) is 27.2 Å². The van der Waals surface area contributed by atoms with E-state index < -0.39 is 11.9 Å². The fraction of sp³-hybridized carbons (Fsp3) is 0.500. The summed E-state index contributed by atoms with van der Waals surface area (Å²) in [7, 11) is 0. The molecular formula is C16H25NO5. The number of carboxylic acid groups (broad SMARTS) is 1.